The molecular weight excluding hydrogens is 354 g/mol. The molecule has 1 unspecified atom stereocenters. The van der Waals surface area contributed by atoms with E-state index in [4.69, 9.17) is 21.1 Å². The third-order valence-electron chi connectivity index (χ3n) is 5.07. The summed E-state index contributed by atoms with van der Waals surface area (Å²) in [5.41, 5.74) is 0.324. The Morgan fingerprint density at radius 2 is 2.08 bits per heavy atom. The first-order chi connectivity index (χ1) is 11.3. The molecule has 0 saturated carbocycles. The Morgan fingerprint density at radius 1 is 1.38 bits per heavy atom. The number of benzene rings is 1. The van der Waals surface area contributed by atoms with E-state index in [1.54, 1.807) is 25.3 Å². The van der Waals surface area contributed by atoms with Crippen molar-refractivity contribution in [2.75, 3.05) is 39.7 Å². The molecule has 132 valence electrons. The van der Waals surface area contributed by atoms with Gasteiger partial charge in [-0.05, 0) is 24.6 Å². The number of amides is 1. The van der Waals surface area contributed by atoms with E-state index in [1.807, 2.05) is 0 Å². The molecule has 24 heavy (non-hydrogen) atoms. The molecule has 3 rings (SSSR count). The van der Waals surface area contributed by atoms with Crippen molar-refractivity contribution < 1.29 is 22.7 Å². The summed E-state index contributed by atoms with van der Waals surface area (Å²) in [6, 6.07) is 4.85. The minimum Gasteiger partial charge on any atom is -0.497 e. The fraction of sp³-hybridized carbons (Fsp3) is 0.562. The van der Waals surface area contributed by atoms with Crippen LogP contribution in [0.5, 0.6) is 5.75 Å². The first kappa shape index (κ1) is 17.5. The summed E-state index contributed by atoms with van der Waals surface area (Å²) >= 11 is 6.12. The van der Waals surface area contributed by atoms with Crippen LogP contribution in [0.3, 0.4) is 0 Å². The predicted octanol–water partition coefficient (Wildman–Crippen LogP) is 1.62. The molecule has 0 bridgehead atoms. The number of hydrogen-bond acceptors (Lipinski definition) is 5. The highest BCUT2D eigenvalue weighted by Gasteiger charge is 2.62. The molecule has 2 fully saturated rings. The molecule has 0 N–H and O–H groups in total. The summed E-state index contributed by atoms with van der Waals surface area (Å²) in [6.07, 6.45) is 0.581. The highest BCUT2D eigenvalue weighted by Crippen LogP contribution is 2.45. The maximum absolute atomic E-state index is 12.7. The monoisotopic (exact) mass is 373 g/mol. The van der Waals surface area contributed by atoms with Gasteiger partial charge in [-0.25, -0.2) is 8.42 Å². The number of nitrogens with zero attached hydrogens (tertiary/aromatic N) is 1. The zero-order valence-electron chi connectivity index (χ0n) is 13.6. The second-order valence-electron chi connectivity index (χ2n) is 6.33. The molecule has 1 aromatic carbocycles. The van der Waals surface area contributed by atoms with Crippen molar-refractivity contribution in [2.24, 2.45) is 5.92 Å². The number of methoxy groups -OCH3 is 2. The van der Waals surface area contributed by atoms with E-state index in [2.05, 4.69) is 0 Å². The van der Waals surface area contributed by atoms with Gasteiger partial charge in [0, 0.05) is 26.1 Å². The zero-order valence-corrected chi connectivity index (χ0v) is 15.2. The molecule has 1 amide bonds. The third-order valence-corrected chi connectivity index (χ3v) is 8.01. The van der Waals surface area contributed by atoms with Crippen LogP contribution in [-0.4, -0.2) is 63.6 Å². The van der Waals surface area contributed by atoms with Crippen LogP contribution >= 0.6 is 11.6 Å². The minimum atomic E-state index is -3.22. The number of sulfone groups is 1. The van der Waals surface area contributed by atoms with Crippen LogP contribution in [0, 0.1) is 5.92 Å². The van der Waals surface area contributed by atoms with Crippen LogP contribution in [0.1, 0.15) is 16.8 Å². The molecule has 6 nitrogen and oxygen atoms in total. The second-order valence-corrected chi connectivity index (χ2v) is 9.19. The summed E-state index contributed by atoms with van der Waals surface area (Å²) < 4.78 is 34.4. The number of halogens is 1. The molecule has 2 aliphatic heterocycles. The summed E-state index contributed by atoms with van der Waals surface area (Å²) in [4.78, 5) is 14.2. The molecule has 2 saturated heterocycles. The highest BCUT2D eigenvalue weighted by molar-refractivity contribution is 7.93. The van der Waals surface area contributed by atoms with Gasteiger partial charge in [-0.3, -0.25) is 4.79 Å². The normalized spacial score (nSPS) is 24.0. The summed E-state index contributed by atoms with van der Waals surface area (Å²) in [5.74, 6) is 0.340. The second kappa shape index (κ2) is 6.20. The fourth-order valence-electron chi connectivity index (χ4n) is 3.62. The van der Waals surface area contributed by atoms with Crippen molar-refractivity contribution in [3.05, 3.63) is 28.8 Å². The smallest absolute Gasteiger partial charge is 0.255 e. The summed E-state index contributed by atoms with van der Waals surface area (Å²) in [5, 5.41) is 0.324. The molecule has 0 aliphatic carbocycles. The molecule has 0 radical (unpaired) electrons. The lowest BCUT2D eigenvalue weighted by Crippen LogP contribution is -2.68. The lowest BCUT2D eigenvalue weighted by molar-refractivity contribution is 0.0337. The Balaban J connectivity index is 1.82. The van der Waals surface area contributed by atoms with E-state index >= 15 is 0 Å². The van der Waals surface area contributed by atoms with E-state index in [0.29, 0.717) is 29.4 Å². The molecule has 8 heteroatoms. The average molecular weight is 374 g/mol. The van der Waals surface area contributed by atoms with Crippen molar-refractivity contribution in [1.82, 2.24) is 4.90 Å². The van der Waals surface area contributed by atoms with E-state index in [1.165, 1.54) is 12.0 Å². The number of rotatable bonds is 4. The average Bonchev–Trinajstić information content (AvgIpc) is 2.77. The SMILES string of the molecule is COCC1CCS(=O)(=O)C12CN(C(=O)c1cc(OC)ccc1Cl)C2. The summed E-state index contributed by atoms with van der Waals surface area (Å²) in [7, 11) is -0.148. The Hall–Kier alpha value is -1.31. The molecular formula is C16H20ClNO5S. The van der Waals surface area contributed by atoms with Crippen LogP contribution in [0.25, 0.3) is 0 Å². The van der Waals surface area contributed by atoms with Gasteiger partial charge in [-0.15, -0.1) is 0 Å². The Morgan fingerprint density at radius 3 is 2.71 bits per heavy atom. The van der Waals surface area contributed by atoms with Gasteiger partial charge in [0.15, 0.2) is 9.84 Å². The van der Waals surface area contributed by atoms with Gasteiger partial charge in [-0.1, -0.05) is 11.6 Å². The minimum absolute atomic E-state index is 0.0719. The number of hydrogen-bond donors (Lipinski definition) is 0. The Bertz CT molecular complexity index is 758. The lowest BCUT2D eigenvalue weighted by Gasteiger charge is -2.49. The van der Waals surface area contributed by atoms with Crippen molar-refractivity contribution in [3.8, 4) is 5.75 Å². The third kappa shape index (κ3) is 2.59. The van der Waals surface area contributed by atoms with Gasteiger partial charge in [0.2, 0.25) is 0 Å². The first-order valence-corrected chi connectivity index (χ1v) is 9.72. The number of likely N-dealkylation sites (tertiary alicyclic amines) is 1. The van der Waals surface area contributed by atoms with Crippen molar-refractivity contribution in [3.63, 3.8) is 0 Å². The molecule has 1 aromatic rings. The molecule has 0 aromatic heterocycles. The Labute approximate surface area is 146 Å². The van der Waals surface area contributed by atoms with Gasteiger partial charge >= 0.3 is 0 Å². The van der Waals surface area contributed by atoms with Gasteiger partial charge in [0.1, 0.15) is 10.5 Å². The molecule has 1 spiro atoms. The summed E-state index contributed by atoms with van der Waals surface area (Å²) in [6.45, 7) is 0.770. The quantitative estimate of drug-likeness (QED) is 0.802. The predicted molar refractivity (Wildman–Crippen MR) is 90.4 cm³/mol. The Kier molecular flexibility index (Phi) is 4.53. The molecule has 2 aliphatic rings. The van der Waals surface area contributed by atoms with Gasteiger partial charge in [-0.2, -0.15) is 0 Å². The van der Waals surface area contributed by atoms with E-state index in [0.717, 1.165) is 0 Å². The van der Waals surface area contributed by atoms with Gasteiger partial charge in [0.05, 0.1) is 30.1 Å². The zero-order chi connectivity index (χ0) is 17.5. The first-order valence-electron chi connectivity index (χ1n) is 7.68. The lowest BCUT2D eigenvalue weighted by atomic mass is 9.83. The van der Waals surface area contributed by atoms with E-state index in [-0.39, 0.29) is 30.7 Å². The van der Waals surface area contributed by atoms with Crippen LogP contribution in [0.2, 0.25) is 5.02 Å². The highest BCUT2D eigenvalue weighted by atomic mass is 35.5. The van der Waals surface area contributed by atoms with Gasteiger partial charge in [0.25, 0.3) is 5.91 Å². The van der Waals surface area contributed by atoms with E-state index in [9.17, 15) is 13.2 Å². The molecule has 1 atom stereocenters. The standard InChI is InChI=1S/C16H20ClNO5S/c1-22-8-11-5-6-24(20,21)16(11)9-18(10-16)15(19)13-7-12(23-2)3-4-14(13)17/h3-4,7,11H,5-6,8-10H2,1-2H3. The number of carbonyl (C=O) groups excluding carboxylic acids is 1. The maximum atomic E-state index is 12.7. The molecule has 2 heterocycles. The topological polar surface area (TPSA) is 72.9 Å². The van der Waals surface area contributed by atoms with Crippen LogP contribution in [0.4, 0.5) is 0 Å². The van der Waals surface area contributed by atoms with Crippen molar-refractivity contribution >= 4 is 27.3 Å². The van der Waals surface area contributed by atoms with Crippen molar-refractivity contribution in [2.45, 2.75) is 11.2 Å². The van der Waals surface area contributed by atoms with Crippen LogP contribution < -0.4 is 4.74 Å². The maximum Gasteiger partial charge on any atom is 0.255 e. The van der Waals surface area contributed by atoms with Crippen LogP contribution in [-0.2, 0) is 14.6 Å². The number of ether oxygens (including phenoxy) is 2. The largest absolute Gasteiger partial charge is 0.497 e. The van der Waals surface area contributed by atoms with Crippen molar-refractivity contribution in [1.29, 1.82) is 0 Å². The van der Waals surface area contributed by atoms with E-state index < -0.39 is 14.6 Å². The fourth-order valence-corrected chi connectivity index (χ4v) is 6.22. The number of carbonyl (C=O) groups is 1. The van der Waals surface area contributed by atoms with Crippen LogP contribution in [0.15, 0.2) is 18.2 Å². The van der Waals surface area contributed by atoms with Gasteiger partial charge < -0.3 is 14.4 Å².